The lowest BCUT2D eigenvalue weighted by atomic mass is 9.83. The van der Waals surface area contributed by atoms with Crippen LogP contribution in [0.2, 0.25) is 5.02 Å². The molecule has 3 heteroatoms. The number of benzene rings is 1. The number of rotatable bonds is 6. The topological polar surface area (TPSA) is 12.0 Å². The SMILES string of the molecule is C=CC(C)(CNC1CC1)Cc1cccc(Cl)c1F. The number of halogens is 2. The second kappa shape index (κ2) is 5.41. The molecule has 1 aromatic carbocycles. The fourth-order valence-electron chi connectivity index (χ4n) is 1.99. The van der Waals surface area contributed by atoms with Crippen molar-refractivity contribution < 1.29 is 4.39 Å². The summed E-state index contributed by atoms with van der Waals surface area (Å²) in [4.78, 5) is 0. The van der Waals surface area contributed by atoms with Gasteiger partial charge in [-0.2, -0.15) is 0 Å². The van der Waals surface area contributed by atoms with Crippen molar-refractivity contribution in [3.05, 3.63) is 47.3 Å². The summed E-state index contributed by atoms with van der Waals surface area (Å²) in [5.41, 5.74) is 0.510. The van der Waals surface area contributed by atoms with E-state index in [2.05, 4.69) is 18.8 Å². The van der Waals surface area contributed by atoms with Crippen molar-refractivity contribution in [1.82, 2.24) is 5.32 Å². The van der Waals surface area contributed by atoms with Gasteiger partial charge >= 0.3 is 0 Å². The molecule has 18 heavy (non-hydrogen) atoms. The van der Waals surface area contributed by atoms with Crippen LogP contribution in [0.4, 0.5) is 4.39 Å². The van der Waals surface area contributed by atoms with Crippen LogP contribution in [0.25, 0.3) is 0 Å². The second-order valence-corrected chi connectivity index (χ2v) is 5.81. The van der Waals surface area contributed by atoms with Crippen LogP contribution in [0.3, 0.4) is 0 Å². The molecule has 1 nitrogen and oxygen atoms in total. The molecule has 1 saturated carbocycles. The zero-order valence-corrected chi connectivity index (χ0v) is 11.4. The third-order valence-corrected chi connectivity index (χ3v) is 3.78. The Balaban J connectivity index is 2.07. The fourth-order valence-corrected chi connectivity index (χ4v) is 2.19. The molecule has 98 valence electrons. The highest BCUT2D eigenvalue weighted by Gasteiger charge is 2.27. The largest absolute Gasteiger partial charge is 0.313 e. The van der Waals surface area contributed by atoms with Gasteiger partial charge in [0.15, 0.2) is 0 Å². The van der Waals surface area contributed by atoms with E-state index < -0.39 is 0 Å². The summed E-state index contributed by atoms with van der Waals surface area (Å²) in [6.45, 7) is 6.80. The molecule has 0 aromatic heterocycles. The standard InChI is InChI=1S/C15H19ClFN/c1-3-15(2,10-18-12-7-8-12)9-11-5-4-6-13(16)14(11)17/h3-6,12,18H,1,7-10H2,2H3. The lowest BCUT2D eigenvalue weighted by Crippen LogP contribution is -2.33. The molecule has 0 heterocycles. The van der Waals surface area contributed by atoms with E-state index in [0.717, 1.165) is 6.54 Å². The van der Waals surface area contributed by atoms with Gasteiger partial charge in [-0.05, 0) is 30.9 Å². The molecule has 1 aliphatic rings. The Morgan fingerprint density at radius 1 is 1.56 bits per heavy atom. The molecular formula is C15H19ClFN. The zero-order chi connectivity index (χ0) is 13.2. The van der Waals surface area contributed by atoms with Crippen molar-refractivity contribution in [2.24, 2.45) is 5.41 Å². The predicted molar refractivity (Wildman–Crippen MR) is 74.4 cm³/mol. The normalized spacial score (nSPS) is 18.4. The van der Waals surface area contributed by atoms with Gasteiger partial charge in [-0.25, -0.2) is 4.39 Å². The van der Waals surface area contributed by atoms with Gasteiger partial charge in [0, 0.05) is 18.0 Å². The van der Waals surface area contributed by atoms with Gasteiger partial charge < -0.3 is 5.32 Å². The Hall–Kier alpha value is -0.860. The molecular weight excluding hydrogens is 249 g/mol. The highest BCUT2D eigenvalue weighted by Crippen LogP contribution is 2.29. The molecule has 1 aromatic rings. The molecule has 1 N–H and O–H groups in total. The summed E-state index contributed by atoms with van der Waals surface area (Å²) < 4.78 is 13.9. The van der Waals surface area contributed by atoms with Crippen LogP contribution in [0.15, 0.2) is 30.9 Å². The van der Waals surface area contributed by atoms with E-state index in [4.69, 9.17) is 11.6 Å². The van der Waals surface area contributed by atoms with Gasteiger partial charge in [-0.1, -0.05) is 36.7 Å². The van der Waals surface area contributed by atoms with E-state index in [-0.39, 0.29) is 16.3 Å². The quantitative estimate of drug-likeness (QED) is 0.769. The highest BCUT2D eigenvalue weighted by atomic mass is 35.5. The highest BCUT2D eigenvalue weighted by molar-refractivity contribution is 6.30. The van der Waals surface area contributed by atoms with Gasteiger partial charge in [0.25, 0.3) is 0 Å². The van der Waals surface area contributed by atoms with Gasteiger partial charge in [-0.3, -0.25) is 0 Å². The molecule has 1 fully saturated rings. The van der Waals surface area contributed by atoms with Crippen LogP contribution in [0.1, 0.15) is 25.3 Å². The third-order valence-electron chi connectivity index (χ3n) is 3.49. The van der Waals surface area contributed by atoms with E-state index in [9.17, 15) is 4.39 Å². The first kappa shape index (κ1) is 13.6. The van der Waals surface area contributed by atoms with Crippen molar-refractivity contribution in [3.63, 3.8) is 0 Å². The first-order valence-electron chi connectivity index (χ1n) is 6.34. The Morgan fingerprint density at radius 3 is 2.89 bits per heavy atom. The predicted octanol–water partition coefficient (Wildman–Crippen LogP) is 3.97. The Bertz CT molecular complexity index is 442. The molecule has 0 saturated heterocycles. The van der Waals surface area contributed by atoms with Crippen LogP contribution in [-0.2, 0) is 6.42 Å². The van der Waals surface area contributed by atoms with Crippen LogP contribution < -0.4 is 5.32 Å². The van der Waals surface area contributed by atoms with Gasteiger partial charge in [0.05, 0.1) is 5.02 Å². The van der Waals surface area contributed by atoms with Crippen LogP contribution >= 0.6 is 11.6 Å². The Kier molecular flexibility index (Phi) is 4.08. The third kappa shape index (κ3) is 3.33. The maximum absolute atomic E-state index is 13.9. The zero-order valence-electron chi connectivity index (χ0n) is 10.7. The van der Waals surface area contributed by atoms with Crippen LogP contribution in [0, 0.1) is 11.2 Å². The van der Waals surface area contributed by atoms with Crippen LogP contribution in [-0.4, -0.2) is 12.6 Å². The molecule has 0 radical (unpaired) electrons. The molecule has 0 spiro atoms. The minimum Gasteiger partial charge on any atom is -0.313 e. The lowest BCUT2D eigenvalue weighted by molar-refractivity contribution is 0.383. The number of hydrogen-bond donors (Lipinski definition) is 1. The molecule has 2 rings (SSSR count). The molecule has 0 bridgehead atoms. The van der Waals surface area contributed by atoms with Gasteiger partial charge in [-0.15, -0.1) is 6.58 Å². The Labute approximate surface area is 113 Å². The monoisotopic (exact) mass is 267 g/mol. The van der Waals surface area contributed by atoms with Gasteiger partial charge in [0.2, 0.25) is 0 Å². The number of hydrogen-bond acceptors (Lipinski definition) is 1. The van der Waals surface area contributed by atoms with E-state index in [0.29, 0.717) is 18.0 Å². The first-order valence-corrected chi connectivity index (χ1v) is 6.72. The Morgan fingerprint density at radius 2 is 2.28 bits per heavy atom. The van der Waals surface area contributed by atoms with Gasteiger partial charge in [0.1, 0.15) is 5.82 Å². The average molecular weight is 268 g/mol. The minimum atomic E-state index is -0.307. The van der Waals surface area contributed by atoms with Crippen LogP contribution in [0.5, 0.6) is 0 Å². The lowest BCUT2D eigenvalue weighted by Gasteiger charge is -2.26. The second-order valence-electron chi connectivity index (χ2n) is 5.40. The average Bonchev–Trinajstić information content (AvgIpc) is 3.17. The molecule has 0 amide bonds. The summed E-state index contributed by atoms with van der Waals surface area (Å²) in [7, 11) is 0. The maximum atomic E-state index is 13.9. The van der Waals surface area contributed by atoms with E-state index in [1.165, 1.54) is 12.8 Å². The minimum absolute atomic E-state index is 0.145. The van der Waals surface area contributed by atoms with E-state index >= 15 is 0 Å². The van der Waals surface area contributed by atoms with Crippen molar-refractivity contribution in [2.45, 2.75) is 32.2 Å². The summed E-state index contributed by atoms with van der Waals surface area (Å²) >= 11 is 5.81. The summed E-state index contributed by atoms with van der Waals surface area (Å²) in [6.07, 6.45) is 5.02. The van der Waals surface area contributed by atoms with Crippen molar-refractivity contribution >= 4 is 11.6 Å². The molecule has 1 aliphatic carbocycles. The summed E-state index contributed by atoms with van der Waals surface area (Å²) in [6, 6.07) is 5.81. The van der Waals surface area contributed by atoms with Crippen molar-refractivity contribution in [2.75, 3.05) is 6.54 Å². The fraction of sp³-hybridized carbons (Fsp3) is 0.467. The van der Waals surface area contributed by atoms with Crippen molar-refractivity contribution in [1.29, 1.82) is 0 Å². The van der Waals surface area contributed by atoms with E-state index in [1.807, 2.05) is 6.08 Å². The molecule has 1 unspecified atom stereocenters. The molecule has 1 atom stereocenters. The van der Waals surface area contributed by atoms with Crippen molar-refractivity contribution in [3.8, 4) is 0 Å². The first-order chi connectivity index (χ1) is 8.54. The maximum Gasteiger partial charge on any atom is 0.144 e. The summed E-state index contributed by atoms with van der Waals surface area (Å²) in [5, 5.41) is 3.66. The smallest absolute Gasteiger partial charge is 0.144 e. The van der Waals surface area contributed by atoms with E-state index in [1.54, 1.807) is 18.2 Å². The molecule has 0 aliphatic heterocycles. The number of nitrogens with one attached hydrogen (secondary N) is 1. The summed E-state index contributed by atoms with van der Waals surface area (Å²) in [5.74, 6) is -0.307.